The van der Waals surface area contributed by atoms with E-state index in [0.29, 0.717) is 28.3 Å². The summed E-state index contributed by atoms with van der Waals surface area (Å²) in [5.74, 6) is 2.38. The van der Waals surface area contributed by atoms with Crippen molar-refractivity contribution in [3.05, 3.63) is 78.1 Å². The standard InChI is InChI=1S/C24H21NO5/c1-16-7-12-23(30-16)22-15-20(19-5-3-4-6-21(19)25-22)24(26)29-14-13-28-18-10-8-17(27-2)9-11-18/h3-12,15H,13-14H2,1-2H3. The molecule has 0 saturated carbocycles. The molecule has 2 aromatic carbocycles. The first kappa shape index (κ1) is 19.5. The maximum Gasteiger partial charge on any atom is 0.339 e. The minimum atomic E-state index is -0.434. The summed E-state index contributed by atoms with van der Waals surface area (Å²) in [5, 5.41) is 0.727. The fraction of sp³-hybridized carbons (Fsp3) is 0.167. The molecule has 4 aromatic rings. The van der Waals surface area contributed by atoms with Crippen LogP contribution in [0.2, 0.25) is 0 Å². The molecule has 2 aromatic heterocycles. The molecule has 0 amide bonds. The summed E-state index contributed by atoms with van der Waals surface area (Å²) in [6.07, 6.45) is 0. The molecule has 0 atom stereocenters. The van der Waals surface area contributed by atoms with Gasteiger partial charge in [-0.15, -0.1) is 0 Å². The maximum atomic E-state index is 12.8. The zero-order valence-electron chi connectivity index (χ0n) is 16.8. The molecule has 0 aliphatic rings. The number of rotatable bonds is 7. The smallest absolute Gasteiger partial charge is 0.339 e. The van der Waals surface area contributed by atoms with Gasteiger partial charge >= 0.3 is 5.97 Å². The Morgan fingerprint density at radius 2 is 1.73 bits per heavy atom. The van der Waals surface area contributed by atoms with Crippen LogP contribution >= 0.6 is 0 Å². The molecule has 30 heavy (non-hydrogen) atoms. The molecule has 0 aliphatic heterocycles. The molecule has 0 spiro atoms. The Kier molecular flexibility index (Phi) is 5.66. The van der Waals surface area contributed by atoms with Crippen molar-refractivity contribution in [1.82, 2.24) is 4.98 Å². The van der Waals surface area contributed by atoms with Crippen molar-refractivity contribution in [2.75, 3.05) is 20.3 Å². The summed E-state index contributed by atoms with van der Waals surface area (Å²) >= 11 is 0. The SMILES string of the molecule is COc1ccc(OCCOC(=O)c2cc(-c3ccc(C)o3)nc3ccccc23)cc1. The quantitative estimate of drug-likeness (QED) is 0.318. The van der Waals surface area contributed by atoms with E-state index in [9.17, 15) is 4.79 Å². The molecular formula is C24H21NO5. The van der Waals surface area contributed by atoms with E-state index in [0.717, 1.165) is 16.9 Å². The van der Waals surface area contributed by atoms with Gasteiger partial charge in [-0.1, -0.05) is 18.2 Å². The third-order valence-electron chi connectivity index (χ3n) is 4.57. The van der Waals surface area contributed by atoms with E-state index in [1.54, 1.807) is 25.3 Å². The van der Waals surface area contributed by atoms with E-state index >= 15 is 0 Å². The molecule has 0 unspecified atom stereocenters. The Labute approximate surface area is 174 Å². The van der Waals surface area contributed by atoms with E-state index in [1.165, 1.54) is 0 Å². The van der Waals surface area contributed by atoms with Crippen LogP contribution in [0.5, 0.6) is 11.5 Å². The number of furan rings is 1. The minimum absolute atomic E-state index is 0.122. The van der Waals surface area contributed by atoms with Crippen LogP contribution in [-0.2, 0) is 4.74 Å². The first-order valence-electron chi connectivity index (χ1n) is 9.54. The lowest BCUT2D eigenvalue weighted by molar-refractivity contribution is 0.0452. The van der Waals surface area contributed by atoms with E-state index < -0.39 is 5.97 Å². The number of benzene rings is 2. The number of hydrogen-bond acceptors (Lipinski definition) is 6. The van der Waals surface area contributed by atoms with Crippen LogP contribution in [0, 0.1) is 6.92 Å². The molecule has 0 N–H and O–H groups in total. The lowest BCUT2D eigenvalue weighted by Crippen LogP contribution is -2.13. The number of carbonyl (C=O) groups is 1. The average molecular weight is 403 g/mol. The second-order valence-corrected chi connectivity index (χ2v) is 6.64. The number of carbonyl (C=O) groups excluding carboxylic acids is 1. The van der Waals surface area contributed by atoms with Crippen molar-refractivity contribution in [1.29, 1.82) is 0 Å². The van der Waals surface area contributed by atoms with Crippen LogP contribution in [0.25, 0.3) is 22.4 Å². The van der Waals surface area contributed by atoms with Gasteiger partial charge < -0.3 is 18.6 Å². The lowest BCUT2D eigenvalue weighted by Gasteiger charge is -2.10. The van der Waals surface area contributed by atoms with Crippen molar-refractivity contribution in [3.63, 3.8) is 0 Å². The number of methoxy groups -OCH3 is 1. The highest BCUT2D eigenvalue weighted by Crippen LogP contribution is 2.26. The Morgan fingerprint density at radius 3 is 2.47 bits per heavy atom. The summed E-state index contributed by atoms with van der Waals surface area (Å²) in [4.78, 5) is 17.4. The van der Waals surface area contributed by atoms with Gasteiger partial charge in [0.2, 0.25) is 0 Å². The zero-order chi connectivity index (χ0) is 20.9. The van der Waals surface area contributed by atoms with Gasteiger partial charge in [-0.25, -0.2) is 9.78 Å². The van der Waals surface area contributed by atoms with Crippen LogP contribution in [0.4, 0.5) is 0 Å². The van der Waals surface area contributed by atoms with Gasteiger partial charge in [0.25, 0.3) is 0 Å². The molecule has 0 aliphatic carbocycles. The zero-order valence-corrected chi connectivity index (χ0v) is 16.8. The molecule has 0 bridgehead atoms. The molecular weight excluding hydrogens is 382 g/mol. The number of hydrogen-bond donors (Lipinski definition) is 0. The van der Waals surface area contributed by atoms with Crippen LogP contribution in [0.1, 0.15) is 16.1 Å². The third-order valence-corrected chi connectivity index (χ3v) is 4.57. The summed E-state index contributed by atoms with van der Waals surface area (Å²) in [7, 11) is 1.61. The van der Waals surface area contributed by atoms with Crippen LogP contribution in [-0.4, -0.2) is 31.3 Å². The highest BCUT2D eigenvalue weighted by atomic mass is 16.6. The van der Waals surface area contributed by atoms with Crippen LogP contribution in [0.15, 0.2) is 71.1 Å². The number of nitrogens with zero attached hydrogens (tertiary/aromatic N) is 1. The highest BCUT2D eigenvalue weighted by Gasteiger charge is 2.16. The largest absolute Gasteiger partial charge is 0.497 e. The van der Waals surface area contributed by atoms with Crippen molar-refractivity contribution < 1.29 is 23.4 Å². The Hall–Kier alpha value is -3.80. The fourth-order valence-corrected chi connectivity index (χ4v) is 3.09. The molecule has 6 heteroatoms. The normalized spacial score (nSPS) is 10.7. The predicted molar refractivity (Wildman–Crippen MR) is 113 cm³/mol. The third kappa shape index (κ3) is 4.27. The van der Waals surface area contributed by atoms with E-state index in [2.05, 4.69) is 4.98 Å². The van der Waals surface area contributed by atoms with Gasteiger partial charge in [0.05, 0.1) is 18.2 Å². The van der Waals surface area contributed by atoms with Gasteiger partial charge in [-0.3, -0.25) is 0 Å². The molecule has 0 fully saturated rings. The maximum absolute atomic E-state index is 12.8. The summed E-state index contributed by atoms with van der Waals surface area (Å²) < 4.78 is 21.9. The van der Waals surface area contributed by atoms with Gasteiger partial charge in [-0.2, -0.15) is 0 Å². The van der Waals surface area contributed by atoms with E-state index in [-0.39, 0.29) is 13.2 Å². The molecule has 2 heterocycles. The van der Waals surface area contributed by atoms with Crippen molar-refractivity contribution in [3.8, 4) is 23.0 Å². The minimum Gasteiger partial charge on any atom is -0.497 e. The topological polar surface area (TPSA) is 70.8 Å². The molecule has 0 radical (unpaired) electrons. The van der Waals surface area contributed by atoms with Crippen LogP contribution < -0.4 is 9.47 Å². The number of para-hydroxylation sites is 1. The van der Waals surface area contributed by atoms with Crippen molar-refractivity contribution in [2.45, 2.75) is 6.92 Å². The van der Waals surface area contributed by atoms with Gasteiger partial charge in [0.1, 0.15) is 36.2 Å². The van der Waals surface area contributed by atoms with Gasteiger partial charge in [-0.05, 0) is 55.5 Å². The summed E-state index contributed by atoms with van der Waals surface area (Å²) in [6.45, 7) is 2.23. The molecule has 6 nitrogen and oxygen atoms in total. The average Bonchev–Trinajstić information content (AvgIpc) is 3.22. The fourth-order valence-electron chi connectivity index (χ4n) is 3.09. The van der Waals surface area contributed by atoms with Crippen LogP contribution in [0.3, 0.4) is 0 Å². The van der Waals surface area contributed by atoms with E-state index in [4.69, 9.17) is 18.6 Å². The Bertz CT molecular complexity index is 1160. The van der Waals surface area contributed by atoms with Gasteiger partial charge in [0.15, 0.2) is 5.76 Å². The number of aromatic nitrogens is 1. The van der Waals surface area contributed by atoms with Crippen molar-refractivity contribution in [2.24, 2.45) is 0 Å². The number of esters is 1. The Morgan fingerprint density at radius 1 is 0.967 bits per heavy atom. The second-order valence-electron chi connectivity index (χ2n) is 6.64. The lowest BCUT2D eigenvalue weighted by atomic mass is 10.1. The predicted octanol–water partition coefficient (Wildman–Crippen LogP) is 5.05. The highest BCUT2D eigenvalue weighted by molar-refractivity contribution is 6.04. The Balaban J connectivity index is 1.47. The number of pyridine rings is 1. The molecule has 0 saturated heterocycles. The van der Waals surface area contributed by atoms with E-state index in [1.807, 2.05) is 55.5 Å². The second kappa shape index (κ2) is 8.69. The molecule has 4 rings (SSSR count). The number of ether oxygens (including phenoxy) is 3. The summed E-state index contributed by atoms with van der Waals surface area (Å²) in [6, 6.07) is 20.1. The monoisotopic (exact) mass is 403 g/mol. The van der Waals surface area contributed by atoms with Gasteiger partial charge in [0, 0.05) is 5.39 Å². The number of fused-ring (bicyclic) bond motifs is 1. The first-order valence-corrected chi connectivity index (χ1v) is 9.54. The first-order chi connectivity index (χ1) is 14.6. The molecule has 152 valence electrons. The number of aryl methyl sites for hydroxylation is 1. The summed E-state index contributed by atoms with van der Waals surface area (Å²) in [5.41, 5.74) is 1.72. The van der Waals surface area contributed by atoms with Crippen molar-refractivity contribution >= 4 is 16.9 Å².